The van der Waals surface area contributed by atoms with E-state index in [2.05, 4.69) is 24.3 Å². The molecule has 1 amide bonds. The maximum absolute atomic E-state index is 11.1. The van der Waals surface area contributed by atoms with Crippen LogP contribution in [0.3, 0.4) is 0 Å². The first-order valence-electron chi connectivity index (χ1n) is 9.52. The lowest BCUT2D eigenvalue weighted by molar-refractivity contribution is -0.0394. The zero-order valence-electron chi connectivity index (χ0n) is 15.3. The smallest absolute Gasteiger partial charge is 0.407 e. The summed E-state index contributed by atoms with van der Waals surface area (Å²) in [6.45, 7) is 2.40. The van der Waals surface area contributed by atoms with Gasteiger partial charge in [0, 0.05) is 19.0 Å². The summed E-state index contributed by atoms with van der Waals surface area (Å²) in [6.07, 6.45) is 1.71. The average Bonchev–Trinajstić information content (AvgIpc) is 3.11. The molecule has 5 nitrogen and oxygen atoms in total. The van der Waals surface area contributed by atoms with Crippen LogP contribution < -0.4 is 4.74 Å². The number of carboxylic acid groups (broad SMARTS) is 1. The van der Waals surface area contributed by atoms with Crippen LogP contribution in [0.1, 0.15) is 36.3 Å². The lowest BCUT2D eigenvalue weighted by Gasteiger charge is -2.37. The van der Waals surface area contributed by atoms with Crippen molar-refractivity contribution < 1.29 is 19.4 Å². The molecule has 2 aliphatic heterocycles. The Morgan fingerprint density at radius 1 is 1.11 bits per heavy atom. The summed E-state index contributed by atoms with van der Waals surface area (Å²) in [6, 6.07) is 18.4. The number of benzene rings is 2. The van der Waals surface area contributed by atoms with Crippen molar-refractivity contribution >= 4 is 6.09 Å². The highest BCUT2D eigenvalue weighted by Gasteiger charge is 2.43. The molecule has 1 atom stereocenters. The first-order valence-corrected chi connectivity index (χ1v) is 9.52. The molecule has 0 saturated carbocycles. The van der Waals surface area contributed by atoms with E-state index in [1.54, 1.807) is 0 Å². The Balaban J connectivity index is 1.33. The number of carbonyl (C=O) groups is 1. The van der Waals surface area contributed by atoms with Crippen LogP contribution in [0, 0.1) is 0 Å². The summed E-state index contributed by atoms with van der Waals surface area (Å²) in [7, 11) is 0. The minimum absolute atomic E-state index is 0.154. The summed E-state index contributed by atoms with van der Waals surface area (Å²) in [5.41, 5.74) is 2.26. The van der Waals surface area contributed by atoms with Crippen molar-refractivity contribution in [2.45, 2.75) is 37.4 Å². The predicted molar refractivity (Wildman–Crippen MR) is 102 cm³/mol. The Morgan fingerprint density at radius 2 is 1.81 bits per heavy atom. The van der Waals surface area contributed by atoms with Crippen molar-refractivity contribution in [1.29, 1.82) is 0 Å². The van der Waals surface area contributed by atoms with Crippen molar-refractivity contribution in [1.82, 2.24) is 4.90 Å². The largest absolute Gasteiger partial charge is 0.489 e. The van der Waals surface area contributed by atoms with Crippen LogP contribution in [-0.4, -0.2) is 41.4 Å². The van der Waals surface area contributed by atoms with Crippen LogP contribution in [0.4, 0.5) is 4.79 Å². The van der Waals surface area contributed by atoms with Gasteiger partial charge < -0.3 is 19.5 Å². The van der Waals surface area contributed by atoms with Crippen LogP contribution in [0.15, 0.2) is 54.6 Å². The molecule has 142 valence electrons. The van der Waals surface area contributed by atoms with E-state index in [0.717, 1.165) is 30.6 Å². The van der Waals surface area contributed by atoms with Crippen molar-refractivity contribution in [2.24, 2.45) is 0 Å². The molecule has 2 saturated heterocycles. The minimum Gasteiger partial charge on any atom is -0.489 e. The number of amides is 1. The number of hydrogen-bond acceptors (Lipinski definition) is 3. The van der Waals surface area contributed by atoms with Crippen LogP contribution in [-0.2, 0) is 11.3 Å². The number of likely N-dealkylation sites (tertiary alicyclic amines) is 1. The molecule has 0 radical (unpaired) electrons. The van der Waals surface area contributed by atoms with Gasteiger partial charge in [0.1, 0.15) is 12.4 Å². The van der Waals surface area contributed by atoms with Crippen molar-refractivity contribution in [3.05, 3.63) is 65.7 Å². The van der Waals surface area contributed by atoms with E-state index in [1.807, 2.05) is 30.3 Å². The van der Waals surface area contributed by atoms with Gasteiger partial charge in [0.2, 0.25) is 0 Å². The molecule has 1 N–H and O–H groups in total. The Bertz CT molecular complexity index is 767. The molecule has 2 aromatic rings. The van der Waals surface area contributed by atoms with E-state index in [1.165, 1.54) is 10.5 Å². The van der Waals surface area contributed by atoms with E-state index in [9.17, 15) is 4.79 Å². The number of ether oxygens (including phenoxy) is 2. The average molecular weight is 367 g/mol. The third-order valence-corrected chi connectivity index (χ3v) is 5.75. The lowest BCUT2D eigenvalue weighted by atomic mass is 9.83. The molecule has 27 heavy (non-hydrogen) atoms. The van der Waals surface area contributed by atoms with Gasteiger partial charge in [-0.15, -0.1) is 0 Å². The highest BCUT2D eigenvalue weighted by atomic mass is 16.5. The molecule has 2 aromatic carbocycles. The van der Waals surface area contributed by atoms with Gasteiger partial charge in [-0.2, -0.15) is 0 Å². The van der Waals surface area contributed by atoms with Gasteiger partial charge >= 0.3 is 6.09 Å². The maximum Gasteiger partial charge on any atom is 0.407 e. The quantitative estimate of drug-likeness (QED) is 0.876. The number of nitrogens with zero attached hydrogens (tertiary/aromatic N) is 1. The summed E-state index contributed by atoms with van der Waals surface area (Å²) in [5.74, 6) is 1.23. The molecule has 2 fully saturated rings. The second kappa shape index (κ2) is 7.61. The SMILES string of the molecule is O=C(O)N1CCC2(CC1)CC(c1ccc(OCc3ccccc3)cc1)CO2. The second-order valence-corrected chi connectivity index (χ2v) is 7.51. The number of hydrogen-bond donors (Lipinski definition) is 1. The monoisotopic (exact) mass is 367 g/mol. The molecule has 1 spiro atoms. The third kappa shape index (κ3) is 4.08. The standard InChI is InChI=1S/C22H25NO4/c24-21(25)23-12-10-22(11-13-23)14-19(16-27-22)18-6-8-20(9-7-18)26-15-17-4-2-1-3-5-17/h1-9,19H,10-16H2,(H,24,25). The van der Waals surface area contributed by atoms with Crippen LogP contribution >= 0.6 is 0 Å². The van der Waals surface area contributed by atoms with Crippen molar-refractivity contribution in [2.75, 3.05) is 19.7 Å². The molecule has 5 heteroatoms. The van der Waals surface area contributed by atoms with Crippen LogP contribution in [0.2, 0.25) is 0 Å². The first kappa shape index (κ1) is 17.9. The van der Waals surface area contributed by atoms with E-state index < -0.39 is 6.09 Å². The molecule has 2 aliphatic rings. The summed E-state index contributed by atoms with van der Waals surface area (Å²) >= 11 is 0. The fourth-order valence-corrected chi connectivity index (χ4v) is 4.09. The van der Waals surface area contributed by atoms with Gasteiger partial charge in [-0.25, -0.2) is 4.79 Å². The highest BCUT2D eigenvalue weighted by Crippen LogP contribution is 2.43. The second-order valence-electron chi connectivity index (χ2n) is 7.51. The van der Waals surface area contributed by atoms with Gasteiger partial charge in [0.25, 0.3) is 0 Å². The van der Waals surface area contributed by atoms with E-state index in [0.29, 0.717) is 32.2 Å². The van der Waals surface area contributed by atoms with Gasteiger partial charge in [0.15, 0.2) is 0 Å². The zero-order chi connectivity index (χ0) is 18.7. The molecule has 4 rings (SSSR count). The Morgan fingerprint density at radius 3 is 2.48 bits per heavy atom. The summed E-state index contributed by atoms with van der Waals surface area (Å²) < 4.78 is 12.0. The van der Waals surface area contributed by atoms with Crippen molar-refractivity contribution in [3.8, 4) is 5.75 Å². The molecule has 2 heterocycles. The third-order valence-electron chi connectivity index (χ3n) is 5.75. The lowest BCUT2D eigenvalue weighted by Crippen LogP contribution is -2.45. The highest BCUT2D eigenvalue weighted by molar-refractivity contribution is 5.65. The zero-order valence-corrected chi connectivity index (χ0v) is 15.3. The molecular weight excluding hydrogens is 342 g/mol. The normalized spacial score (nSPS) is 21.3. The fraction of sp³-hybridized carbons (Fsp3) is 0.409. The maximum atomic E-state index is 11.1. The minimum atomic E-state index is -0.828. The molecule has 0 aliphatic carbocycles. The van der Waals surface area contributed by atoms with Gasteiger partial charge in [-0.3, -0.25) is 0 Å². The molecule has 0 aromatic heterocycles. The molecule has 1 unspecified atom stereocenters. The number of rotatable bonds is 4. The Hall–Kier alpha value is -2.53. The van der Waals surface area contributed by atoms with Crippen LogP contribution in [0.5, 0.6) is 5.75 Å². The van der Waals surface area contributed by atoms with Gasteiger partial charge in [-0.1, -0.05) is 42.5 Å². The number of piperidine rings is 1. The van der Waals surface area contributed by atoms with Crippen LogP contribution in [0.25, 0.3) is 0 Å². The predicted octanol–water partition coefficient (Wildman–Crippen LogP) is 4.28. The van der Waals surface area contributed by atoms with E-state index in [4.69, 9.17) is 14.6 Å². The topological polar surface area (TPSA) is 59.0 Å². The molecular formula is C22H25NO4. The Labute approximate surface area is 159 Å². The van der Waals surface area contributed by atoms with E-state index >= 15 is 0 Å². The van der Waals surface area contributed by atoms with Gasteiger partial charge in [-0.05, 0) is 42.5 Å². The Kier molecular flexibility index (Phi) is 5.03. The van der Waals surface area contributed by atoms with Crippen molar-refractivity contribution in [3.63, 3.8) is 0 Å². The summed E-state index contributed by atoms with van der Waals surface area (Å²) in [5, 5.41) is 9.12. The first-order chi connectivity index (χ1) is 13.1. The molecule has 0 bridgehead atoms. The van der Waals surface area contributed by atoms with Gasteiger partial charge in [0.05, 0.1) is 12.2 Å². The van der Waals surface area contributed by atoms with E-state index in [-0.39, 0.29) is 5.60 Å². The fourth-order valence-electron chi connectivity index (χ4n) is 4.09. The summed E-state index contributed by atoms with van der Waals surface area (Å²) in [4.78, 5) is 12.6.